The second kappa shape index (κ2) is 3.93. The van der Waals surface area contributed by atoms with E-state index in [0.717, 1.165) is 10.4 Å². The van der Waals surface area contributed by atoms with Crippen LogP contribution in [0.2, 0.25) is 5.02 Å². The third-order valence-electron chi connectivity index (χ3n) is 1.86. The van der Waals surface area contributed by atoms with Gasteiger partial charge in [0.25, 0.3) is 0 Å². The highest BCUT2D eigenvalue weighted by atomic mass is 127. The first-order chi connectivity index (χ1) is 6.24. The molecule has 0 aliphatic heterocycles. The van der Waals surface area contributed by atoms with Crippen LogP contribution in [0, 0.1) is 3.57 Å². The molecule has 0 atom stereocenters. The van der Waals surface area contributed by atoms with Crippen molar-refractivity contribution in [1.82, 2.24) is 0 Å². The number of fused-ring (bicyclic) bond motifs is 1. The zero-order valence-corrected chi connectivity index (χ0v) is 11.0. The molecule has 0 amide bonds. The fraction of sp³-hybridized carbons (Fsp3) is 0.111. The number of hydrogen-bond donors (Lipinski definition) is 0. The minimum atomic E-state index is 0.559. The van der Waals surface area contributed by atoms with Crippen LogP contribution < -0.4 is 0 Å². The van der Waals surface area contributed by atoms with Crippen LogP contribution in [0.4, 0.5) is 0 Å². The summed E-state index contributed by atoms with van der Waals surface area (Å²) in [6.07, 6.45) is 0. The number of hydrogen-bond acceptors (Lipinski definition) is 1. The molecule has 0 spiro atoms. The van der Waals surface area contributed by atoms with Crippen LogP contribution in [-0.2, 0) is 5.88 Å². The number of thiophene rings is 1. The molecule has 13 heavy (non-hydrogen) atoms. The van der Waals surface area contributed by atoms with Crippen LogP contribution in [0.15, 0.2) is 17.5 Å². The molecular weight excluding hydrogens is 338 g/mol. The van der Waals surface area contributed by atoms with E-state index in [-0.39, 0.29) is 0 Å². The van der Waals surface area contributed by atoms with Crippen LogP contribution in [0.1, 0.15) is 5.56 Å². The Morgan fingerprint density at radius 2 is 2.15 bits per heavy atom. The summed E-state index contributed by atoms with van der Waals surface area (Å²) in [4.78, 5) is 0. The fourth-order valence-corrected chi connectivity index (χ4v) is 3.90. The first-order valence-electron chi connectivity index (χ1n) is 3.64. The van der Waals surface area contributed by atoms with Gasteiger partial charge in [-0.05, 0) is 28.2 Å². The van der Waals surface area contributed by atoms with Gasteiger partial charge in [0.1, 0.15) is 0 Å². The van der Waals surface area contributed by atoms with Crippen LogP contribution in [-0.4, -0.2) is 0 Å². The van der Waals surface area contributed by atoms with Crippen molar-refractivity contribution in [3.05, 3.63) is 31.7 Å². The van der Waals surface area contributed by atoms with E-state index in [1.54, 1.807) is 11.3 Å². The zero-order valence-electron chi connectivity index (χ0n) is 6.48. The molecule has 1 aromatic heterocycles. The molecule has 0 saturated heterocycles. The number of rotatable bonds is 1. The van der Waals surface area contributed by atoms with E-state index in [4.69, 9.17) is 23.2 Å². The molecule has 0 unspecified atom stereocenters. The molecule has 0 radical (unpaired) electrons. The van der Waals surface area contributed by atoms with Crippen LogP contribution in [0.3, 0.4) is 0 Å². The van der Waals surface area contributed by atoms with Gasteiger partial charge in [-0.15, -0.1) is 22.9 Å². The van der Waals surface area contributed by atoms with Crippen molar-refractivity contribution in [2.45, 2.75) is 5.88 Å². The lowest BCUT2D eigenvalue weighted by Crippen LogP contribution is -1.83. The molecule has 0 saturated carbocycles. The molecule has 1 aromatic carbocycles. The van der Waals surface area contributed by atoms with Crippen molar-refractivity contribution >= 4 is 67.2 Å². The van der Waals surface area contributed by atoms with Gasteiger partial charge in [0.15, 0.2) is 0 Å². The topological polar surface area (TPSA) is 0 Å². The summed E-state index contributed by atoms with van der Waals surface area (Å²) < 4.78 is 2.46. The Bertz CT molecular complexity index is 450. The molecule has 0 bridgehead atoms. The van der Waals surface area contributed by atoms with Gasteiger partial charge in [0.2, 0.25) is 0 Å². The van der Waals surface area contributed by atoms with Gasteiger partial charge >= 0.3 is 0 Å². The van der Waals surface area contributed by atoms with E-state index in [1.807, 2.05) is 17.5 Å². The lowest BCUT2D eigenvalue weighted by Gasteiger charge is -2.00. The summed E-state index contributed by atoms with van der Waals surface area (Å²) in [7, 11) is 0. The Balaban J connectivity index is 2.80. The molecule has 0 fully saturated rings. The predicted molar refractivity (Wildman–Crippen MR) is 69.1 cm³/mol. The molecule has 4 heteroatoms. The molecule has 1 heterocycles. The maximum absolute atomic E-state index is 6.01. The highest BCUT2D eigenvalue weighted by molar-refractivity contribution is 14.1. The van der Waals surface area contributed by atoms with Gasteiger partial charge < -0.3 is 0 Å². The van der Waals surface area contributed by atoms with Crippen molar-refractivity contribution < 1.29 is 0 Å². The molecule has 68 valence electrons. The molecule has 2 rings (SSSR count). The molecule has 2 aromatic rings. The summed E-state index contributed by atoms with van der Waals surface area (Å²) in [6, 6.07) is 4.07. The molecule has 0 aliphatic carbocycles. The zero-order chi connectivity index (χ0) is 9.42. The van der Waals surface area contributed by atoms with Gasteiger partial charge in [-0.3, -0.25) is 0 Å². The van der Waals surface area contributed by atoms with Crippen molar-refractivity contribution in [3.8, 4) is 0 Å². The average molecular weight is 343 g/mol. The summed E-state index contributed by atoms with van der Waals surface area (Å²) in [6.45, 7) is 0. The van der Waals surface area contributed by atoms with Crippen molar-refractivity contribution in [2.24, 2.45) is 0 Å². The average Bonchev–Trinajstić information content (AvgIpc) is 2.50. The smallest absolute Gasteiger partial charge is 0.0592 e. The van der Waals surface area contributed by atoms with Crippen molar-refractivity contribution in [2.75, 3.05) is 0 Å². The van der Waals surface area contributed by atoms with Gasteiger partial charge in [-0.2, -0.15) is 0 Å². The third kappa shape index (κ3) is 1.69. The molecule has 0 aliphatic rings. The van der Waals surface area contributed by atoms with Crippen molar-refractivity contribution in [1.29, 1.82) is 0 Å². The van der Waals surface area contributed by atoms with Gasteiger partial charge in [0.05, 0.1) is 5.02 Å². The monoisotopic (exact) mass is 342 g/mol. The lowest BCUT2D eigenvalue weighted by atomic mass is 10.2. The van der Waals surface area contributed by atoms with E-state index in [0.29, 0.717) is 5.88 Å². The van der Waals surface area contributed by atoms with Gasteiger partial charge in [-0.1, -0.05) is 23.7 Å². The highest BCUT2D eigenvalue weighted by Crippen LogP contribution is 2.35. The van der Waals surface area contributed by atoms with E-state index < -0.39 is 0 Å². The minimum Gasteiger partial charge on any atom is -0.141 e. The highest BCUT2D eigenvalue weighted by Gasteiger charge is 2.08. The maximum Gasteiger partial charge on any atom is 0.0592 e. The third-order valence-corrected chi connectivity index (χ3v) is 5.20. The minimum absolute atomic E-state index is 0.559. The quantitative estimate of drug-likeness (QED) is 0.511. The van der Waals surface area contributed by atoms with Crippen LogP contribution >= 0.6 is 57.1 Å². The number of benzene rings is 1. The second-order valence-electron chi connectivity index (χ2n) is 2.63. The molecule has 0 N–H and O–H groups in total. The van der Waals surface area contributed by atoms with E-state index in [1.165, 1.54) is 13.8 Å². The molecule has 0 nitrogen and oxygen atoms in total. The van der Waals surface area contributed by atoms with Crippen LogP contribution in [0.25, 0.3) is 10.1 Å². The summed E-state index contributed by atoms with van der Waals surface area (Å²) >= 11 is 15.8. The summed E-state index contributed by atoms with van der Waals surface area (Å²) in [5.41, 5.74) is 1.17. The normalized spacial score (nSPS) is 11.0. The van der Waals surface area contributed by atoms with E-state index in [2.05, 4.69) is 22.6 Å². The first kappa shape index (κ1) is 10.0. The predicted octanol–water partition coefficient (Wildman–Crippen LogP) is 4.90. The Kier molecular flexibility index (Phi) is 3.03. The summed E-state index contributed by atoms with van der Waals surface area (Å²) in [5.74, 6) is 0.559. The Morgan fingerprint density at radius 3 is 2.85 bits per heavy atom. The van der Waals surface area contributed by atoms with E-state index >= 15 is 0 Å². The Morgan fingerprint density at radius 1 is 1.38 bits per heavy atom. The number of halogens is 3. The lowest BCUT2D eigenvalue weighted by molar-refractivity contribution is 1.40. The van der Waals surface area contributed by atoms with Gasteiger partial charge in [0, 0.05) is 24.9 Å². The Hall–Kier alpha value is 0.490. The second-order valence-corrected chi connectivity index (χ2v) is 5.27. The van der Waals surface area contributed by atoms with Crippen molar-refractivity contribution in [3.63, 3.8) is 0 Å². The number of alkyl halides is 1. The summed E-state index contributed by atoms with van der Waals surface area (Å²) in [5, 5.41) is 3.93. The first-order valence-corrected chi connectivity index (χ1v) is 6.51. The largest absolute Gasteiger partial charge is 0.141 e. The standard InChI is InChI=1S/C9H5Cl2IS/c10-3-5-1-2-6-7(11)4-13-9(6)8(5)12/h1-2,4H,3H2. The molecular formula is C9H5Cl2IS. The fourth-order valence-electron chi connectivity index (χ4n) is 1.18. The SMILES string of the molecule is ClCc1ccc2c(Cl)csc2c1I. The van der Waals surface area contributed by atoms with E-state index in [9.17, 15) is 0 Å². The van der Waals surface area contributed by atoms with Crippen LogP contribution in [0.5, 0.6) is 0 Å². The Labute approximate surface area is 104 Å². The van der Waals surface area contributed by atoms with Gasteiger partial charge in [-0.25, -0.2) is 0 Å². The maximum atomic E-state index is 6.01.